The summed E-state index contributed by atoms with van der Waals surface area (Å²) in [6.45, 7) is 0. The van der Waals surface area contributed by atoms with Gasteiger partial charge in [-0.25, -0.2) is 13.2 Å². The van der Waals surface area contributed by atoms with E-state index in [1.165, 1.54) is 0 Å². The molecule has 78 valence electrons. The smallest absolute Gasteiger partial charge is 0.281 e. The fraction of sp³-hybridized carbons (Fsp3) is 0.300. The molecule has 1 aliphatic carbocycles. The Bertz CT molecular complexity index is 464. The van der Waals surface area contributed by atoms with Gasteiger partial charge in [0.15, 0.2) is 0 Å². The number of hydrogen-bond donors (Lipinski definition) is 1. The lowest BCUT2D eigenvalue weighted by Crippen LogP contribution is -2.21. The third-order valence-corrected chi connectivity index (χ3v) is 2.51. The first-order valence-corrected chi connectivity index (χ1v) is 4.24. The molecule has 1 aliphatic rings. The standard InChI is InChI=1S/C10H6F3NO/c11-7-2-1-5(4-14)6-3-10(12,13)9(15)8(6)7/h1-2,9,15H,3H2. The number of fused-ring (bicyclic) bond motifs is 1. The minimum Gasteiger partial charge on any atom is -0.382 e. The number of benzene rings is 1. The van der Waals surface area contributed by atoms with Gasteiger partial charge >= 0.3 is 0 Å². The SMILES string of the molecule is N#Cc1ccc(F)c2c1CC(F)(F)C2O. The highest BCUT2D eigenvalue weighted by molar-refractivity contribution is 5.48. The Morgan fingerprint density at radius 3 is 2.73 bits per heavy atom. The zero-order valence-electron chi connectivity index (χ0n) is 7.47. The maximum atomic E-state index is 13.2. The average Bonchev–Trinajstić information content (AvgIpc) is 2.40. The molecule has 1 aromatic rings. The van der Waals surface area contributed by atoms with Crippen molar-refractivity contribution < 1.29 is 18.3 Å². The molecule has 2 nitrogen and oxygen atoms in total. The van der Waals surface area contributed by atoms with E-state index in [0.717, 1.165) is 12.1 Å². The van der Waals surface area contributed by atoms with Crippen LogP contribution in [0.25, 0.3) is 0 Å². The van der Waals surface area contributed by atoms with Gasteiger partial charge in [-0.05, 0) is 17.7 Å². The van der Waals surface area contributed by atoms with Crippen molar-refractivity contribution in [3.63, 3.8) is 0 Å². The summed E-state index contributed by atoms with van der Waals surface area (Å²) in [6.07, 6.45) is -2.94. The average molecular weight is 213 g/mol. The van der Waals surface area contributed by atoms with E-state index < -0.39 is 29.8 Å². The number of nitrogens with zero attached hydrogens (tertiary/aromatic N) is 1. The molecule has 0 fully saturated rings. The highest BCUT2D eigenvalue weighted by atomic mass is 19.3. The Balaban J connectivity index is 2.68. The molecule has 15 heavy (non-hydrogen) atoms. The number of rotatable bonds is 0. The minimum absolute atomic E-state index is 0.0115. The van der Waals surface area contributed by atoms with Gasteiger partial charge in [-0.1, -0.05) is 0 Å². The molecule has 0 spiro atoms. The number of hydrogen-bond acceptors (Lipinski definition) is 2. The fourth-order valence-corrected chi connectivity index (χ4v) is 1.77. The molecular weight excluding hydrogens is 207 g/mol. The van der Waals surface area contributed by atoms with Crippen molar-refractivity contribution in [1.82, 2.24) is 0 Å². The Morgan fingerprint density at radius 2 is 2.13 bits per heavy atom. The van der Waals surface area contributed by atoms with Crippen molar-refractivity contribution in [3.8, 4) is 6.07 Å². The summed E-state index contributed by atoms with van der Waals surface area (Å²) in [5.41, 5.74) is -0.545. The second-order valence-electron chi connectivity index (χ2n) is 3.44. The molecule has 0 saturated heterocycles. The van der Waals surface area contributed by atoms with E-state index in [9.17, 15) is 18.3 Å². The maximum absolute atomic E-state index is 13.2. The number of halogens is 3. The summed E-state index contributed by atoms with van der Waals surface area (Å²) in [4.78, 5) is 0. The summed E-state index contributed by atoms with van der Waals surface area (Å²) in [5.74, 6) is -4.29. The highest BCUT2D eigenvalue weighted by Crippen LogP contribution is 2.45. The summed E-state index contributed by atoms with van der Waals surface area (Å²) < 4.78 is 39.4. The van der Waals surface area contributed by atoms with Crippen LogP contribution < -0.4 is 0 Å². The van der Waals surface area contributed by atoms with E-state index in [4.69, 9.17) is 5.26 Å². The second-order valence-corrected chi connectivity index (χ2v) is 3.44. The van der Waals surface area contributed by atoms with Crippen LogP contribution in [0.1, 0.15) is 22.8 Å². The van der Waals surface area contributed by atoms with E-state index in [1.807, 2.05) is 0 Å². The van der Waals surface area contributed by atoms with E-state index in [-0.39, 0.29) is 11.1 Å². The Morgan fingerprint density at radius 1 is 1.47 bits per heavy atom. The molecule has 5 heteroatoms. The van der Waals surface area contributed by atoms with Gasteiger partial charge < -0.3 is 5.11 Å². The van der Waals surface area contributed by atoms with Gasteiger partial charge in [-0.2, -0.15) is 5.26 Å². The molecule has 1 unspecified atom stereocenters. The first-order chi connectivity index (χ1) is 6.97. The van der Waals surface area contributed by atoms with Crippen molar-refractivity contribution >= 4 is 0 Å². The molecular formula is C10H6F3NO. The summed E-state index contributed by atoms with van der Waals surface area (Å²) in [6, 6.07) is 3.76. The molecule has 1 aromatic carbocycles. The van der Waals surface area contributed by atoms with Crippen LogP contribution in [-0.4, -0.2) is 11.0 Å². The lowest BCUT2D eigenvalue weighted by molar-refractivity contribution is -0.0977. The van der Waals surface area contributed by atoms with E-state index in [1.54, 1.807) is 6.07 Å². The molecule has 0 aromatic heterocycles. The normalized spacial score (nSPS) is 22.2. The maximum Gasteiger partial charge on any atom is 0.281 e. The molecule has 0 saturated carbocycles. The monoisotopic (exact) mass is 213 g/mol. The van der Waals surface area contributed by atoms with Gasteiger partial charge in [-0.15, -0.1) is 0 Å². The lowest BCUT2D eigenvalue weighted by Gasteiger charge is -2.13. The van der Waals surface area contributed by atoms with Crippen LogP contribution in [0.2, 0.25) is 0 Å². The van der Waals surface area contributed by atoms with Gasteiger partial charge in [0, 0.05) is 12.0 Å². The van der Waals surface area contributed by atoms with Gasteiger partial charge in [0.25, 0.3) is 5.92 Å². The van der Waals surface area contributed by atoms with Crippen LogP contribution in [0.3, 0.4) is 0 Å². The number of alkyl halides is 2. The Kier molecular flexibility index (Phi) is 1.98. The quantitative estimate of drug-likeness (QED) is 0.715. The summed E-state index contributed by atoms with van der Waals surface area (Å²) in [5, 5.41) is 17.9. The molecule has 0 amide bonds. The number of aliphatic hydroxyl groups excluding tert-OH is 1. The van der Waals surface area contributed by atoms with E-state index in [0.29, 0.717) is 0 Å². The summed E-state index contributed by atoms with van der Waals surface area (Å²) >= 11 is 0. The van der Waals surface area contributed by atoms with Crippen molar-refractivity contribution in [2.45, 2.75) is 18.4 Å². The third kappa shape index (κ3) is 1.29. The van der Waals surface area contributed by atoms with E-state index >= 15 is 0 Å². The van der Waals surface area contributed by atoms with Crippen LogP contribution in [0.5, 0.6) is 0 Å². The lowest BCUT2D eigenvalue weighted by atomic mass is 10.0. The molecule has 0 aliphatic heterocycles. The van der Waals surface area contributed by atoms with Crippen LogP contribution in [0, 0.1) is 17.1 Å². The largest absolute Gasteiger partial charge is 0.382 e. The van der Waals surface area contributed by atoms with Crippen molar-refractivity contribution in [1.29, 1.82) is 5.26 Å². The van der Waals surface area contributed by atoms with Gasteiger partial charge in [0.1, 0.15) is 11.9 Å². The van der Waals surface area contributed by atoms with Crippen LogP contribution in [0.4, 0.5) is 13.2 Å². The zero-order valence-corrected chi connectivity index (χ0v) is 7.47. The molecule has 1 N–H and O–H groups in total. The zero-order chi connectivity index (χ0) is 11.2. The molecule has 2 rings (SSSR count). The van der Waals surface area contributed by atoms with Crippen LogP contribution in [0.15, 0.2) is 12.1 Å². The van der Waals surface area contributed by atoms with Gasteiger partial charge in [-0.3, -0.25) is 0 Å². The summed E-state index contributed by atoms with van der Waals surface area (Å²) in [7, 11) is 0. The number of nitriles is 1. The van der Waals surface area contributed by atoms with E-state index in [2.05, 4.69) is 0 Å². The molecule has 0 heterocycles. The molecule has 0 bridgehead atoms. The van der Waals surface area contributed by atoms with Crippen molar-refractivity contribution in [3.05, 3.63) is 34.6 Å². The van der Waals surface area contributed by atoms with Crippen LogP contribution >= 0.6 is 0 Å². The topological polar surface area (TPSA) is 44.0 Å². The Labute approximate surface area is 83.6 Å². The Hall–Kier alpha value is -1.54. The van der Waals surface area contributed by atoms with Crippen molar-refractivity contribution in [2.75, 3.05) is 0 Å². The second kappa shape index (κ2) is 2.97. The van der Waals surface area contributed by atoms with Crippen LogP contribution in [-0.2, 0) is 6.42 Å². The molecule has 0 radical (unpaired) electrons. The number of aliphatic hydroxyl groups is 1. The van der Waals surface area contributed by atoms with Crippen molar-refractivity contribution in [2.24, 2.45) is 0 Å². The first-order valence-electron chi connectivity index (χ1n) is 4.24. The fourth-order valence-electron chi connectivity index (χ4n) is 1.77. The minimum atomic E-state index is -3.39. The molecule has 1 atom stereocenters. The van der Waals surface area contributed by atoms with Gasteiger partial charge in [0.05, 0.1) is 11.6 Å². The first kappa shape index (κ1) is 9.99. The highest BCUT2D eigenvalue weighted by Gasteiger charge is 2.49. The predicted octanol–water partition coefficient (Wildman–Crippen LogP) is 1.92. The third-order valence-electron chi connectivity index (χ3n) is 2.51. The van der Waals surface area contributed by atoms with Gasteiger partial charge in [0.2, 0.25) is 0 Å². The predicted molar refractivity (Wildman–Crippen MR) is 44.7 cm³/mol.